The Hall–Kier alpha value is -1.06. The Labute approximate surface area is 172 Å². The lowest BCUT2D eigenvalue weighted by molar-refractivity contribution is -0.162. The molecule has 6 atom stereocenters. The summed E-state index contributed by atoms with van der Waals surface area (Å²) in [5, 5.41) is 0. The van der Waals surface area contributed by atoms with E-state index in [1.807, 2.05) is 0 Å². The summed E-state index contributed by atoms with van der Waals surface area (Å²) in [5.74, 6) is 2.76. The predicted octanol–water partition coefficient (Wildman–Crippen LogP) is 5.77. The van der Waals surface area contributed by atoms with Gasteiger partial charge in [0.1, 0.15) is 12.2 Å². The normalized spacial score (nSPS) is 33.7. The summed E-state index contributed by atoms with van der Waals surface area (Å²) in [7, 11) is 0. The Bertz CT molecular complexity index is 467. The Morgan fingerprint density at radius 1 is 0.714 bits per heavy atom. The third-order valence-corrected chi connectivity index (χ3v) is 7.00. The van der Waals surface area contributed by atoms with Crippen molar-refractivity contribution in [3.8, 4) is 0 Å². The molecular weight excluding hydrogens is 352 g/mol. The largest absolute Gasteiger partial charge is 0.462 e. The first-order valence-corrected chi connectivity index (χ1v) is 11.6. The number of carbonyl (C=O) groups is 2. The van der Waals surface area contributed by atoms with Crippen molar-refractivity contribution in [2.45, 2.75) is 105 Å². The molecule has 0 saturated heterocycles. The van der Waals surface area contributed by atoms with Gasteiger partial charge in [0.15, 0.2) is 0 Å². The van der Waals surface area contributed by atoms with Crippen molar-refractivity contribution >= 4 is 11.9 Å². The lowest BCUT2D eigenvalue weighted by atomic mass is 9.75. The van der Waals surface area contributed by atoms with E-state index >= 15 is 0 Å². The SMILES string of the molecule is CC(C)[C@@H]1C[C@@H](C)CCC1OC(=O)CCC(=O)O[C@@H]1CC[C@H](C)C[C@H]1C(C)C. The van der Waals surface area contributed by atoms with Crippen molar-refractivity contribution in [2.75, 3.05) is 0 Å². The van der Waals surface area contributed by atoms with E-state index in [9.17, 15) is 9.59 Å². The van der Waals surface area contributed by atoms with Crippen LogP contribution in [0, 0.1) is 35.5 Å². The first-order chi connectivity index (χ1) is 13.2. The maximum atomic E-state index is 12.3. The first kappa shape index (κ1) is 23.2. The van der Waals surface area contributed by atoms with Crippen molar-refractivity contribution in [3.05, 3.63) is 0 Å². The van der Waals surface area contributed by atoms with E-state index in [1.165, 1.54) is 0 Å². The average molecular weight is 395 g/mol. The van der Waals surface area contributed by atoms with Gasteiger partial charge in [-0.05, 0) is 74.0 Å². The van der Waals surface area contributed by atoms with E-state index in [0.717, 1.165) is 38.5 Å². The van der Waals surface area contributed by atoms with Crippen LogP contribution < -0.4 is 0 Å². The summed E-state index contributed by atoms with van der Waals surface area (Å²) in [6.45, 7) is 13.4. The third kappa shape index (κ3) is 6.77. The van der Waals surface area contributed by atoms with E-state index in [2.05, 4.69) is 41.5 Å². The van der Waals surface area contributed by atoms with Crippen LogP contribution in [0.1, 0.15) is 92.9 Å². The van der Waals surface area contributed by atoms with Crippen LogP contribution in [0.2, 0.25) is 0 Å². The molecule has 2 aliphatic rings. The van der Waals surface area contributed by atoms with Crippen LogP contribution in [-0.4, -0.2) is 24.1 Å². The molecule has 2 aliphatic carbocycles. The second-order valence-electron chi connectivity index (χ2n) is 10.2. The van der Waals surface area contributed by atoms with Gasteiger partial charge in [-0.3, -0.25) is 9.59 Å². The van der Waals surface area contributed by atoms with E-state index in [0.29, 0.717) is 35.5 Å². The molecule has 4 heteroatoms. The number of ether oxygens (including phenoxy) is 2. The molecule has 2 fully saturated rings. The van der Waals surface area contributed by atoms with Gasteiger partial charge in [0.05, 0.1) is 12.8 Å². The van der Waals surface area contributed by atoms with Crippen LogP contribution in [0.4, 0.5) is 0 Å². The quantitative estimate of drug-likeness (QED) is 0.514. The van der Waals surface area contributed by atoms with Crippen molar-refractivity contribution in [1.29, 1.82) is 0 Å². The van der Waals surface area contributed by atoms with Crippen LogP contribution in [0.25, 0.3) is 0 Å². The highest BCUT2D eigenvalue weighted by molar-refractivity contribution is 5.77. The molecule has 28 heavy (non-hydrogen) atoms. The molecule has 0 aliphatic heterocycles. The zero-order chi connectivity index (χ0) is 20.8. The lowest BCUT2D eigenvalue weighted by Gasteiger charge is -2.37. The molecule has 0 N–H and O–H groups in total. The zero-order valence-electron chi connectivity index (χ0n) is 18.9. The number of carbonyl (C=O) groups excluding carboxylic acids is 2. The van der Waals surface area contributed by atoms with Crippen LogP contribution in [0.15, 0.2) is 0 Å². The summed E-state index contributed by atoms with van der Waals surface area (Å²) < 4.78 is 11.6. The second-order valence-corrected chi connectivity index (χ2v) is 10.2. The van der Waals surface area contributed by atoms with Gasteiger partial charge in [-0.2, -0.15) is 0 Å². The monoisotopic (exact) mass is 394 g/mol. The fourth-order valence-corrected chi connectivity index (χ4v) is 5.15. The molecular formula is C24H42O4. The Balaban J connectivity index is 1.78. The van der Waals surface area contributed by atoms with Crippen molar-refractivity contribution in [3.63, 3.8) is 0 Å². The van der Waals surface area contributed by atoms with Crippen molar-refractivity contribution in [2.24, 2.45) is 35.5 Å². The Morgan fingerprint density at radius 2 is 1.07 bits per heavy atom. The maximum Gasteiger partial charge on any atom is 0.306 e. The summed E-state index contributed by atoms with van der Waals surface area (Å²) in [4.78, 5) is 24.7. The number of esters is 2. The third-order valence-electron chi connectivity index (χ3n) is 7.00. The highest BCUT2D eigenvalue weighted by Gasteiger charge is 2.35. The summed E-state index contributed by atoms with van der Waals surface area (Å²) in [5.41, 5.74) is 0. The molecule has 1 unspecified atom stereocenters. The first-order valence-electron chi connectivity index (χ1n) is 11.6. The Morgan fingerprint density at radius 3 is 1.39 bits per heavy atom. The number of rotatable bonds is 7. The zero-order valence-corrected chi connectivity index (χ0v) is 18.9. The van der Waals surface area contributed by atoms with Gasteiger partial charge in [-0.1, -0.05) is 41.5 Å². The summed E-state index contributed by atoms with van der Waals surface area (Å²) >= 11 is 0. The number of hydrogen-bond donors (Lipinski definition) is 0. The molecule has 0 spiro atoms. The smallest absolute Gasteiger partial charge is 0.306 e. The van der Waals surface area contributed by atoms with E-state index in [4.69, 9.17) is 9.47 Å². The molecule has 0 radical (unpaired) electrons. The van der Waals surface area contributed by atoms with Crippen LogP contribution >= 0.6 is 0 Å². The predicted molar refractivity (Wildman–Crippen MR) is 112 cm³/mol. The van der Waals surface area contributed by atoms with Gasteiger partial charge in [-0.25, -0.2) is 0 Å². The van der Waals surface area contributed by atoms with Gasteiger partial charge in [-0.15, -0.1) is 0 Å². The van der Waals surface area contributed by atoms with Crippen LogP contribution in [0.5, 0.6) is 0 Å². The number of hydrogen-bond acceptors (Lipinski definition) is 4. The molecule has 0 heterocycles. The standard InChI is InChI=1S/C24H42O4/c1-15(2)19-13-17(5)7-9-21(19)27-23(25)11-12-24(26)28-22-10-8-18(6)14-20(22)16(3)4/h15-22H,7-14H2,1-6H3/t17-,18-,19-,20-,21+,22?/m0/s1. The van der Waals surface area contributed by atoms with Crippen molar-refractivity contribution < 1.29 is 19.1 Å². The van der Waals surface area contributed by atoms with Gasteiger partial charge >= 0.3 is 11.9 Å². The fraction of sp³-hybridized carbons (Fsp3) is 0.917. The minimum absolute atomic E-state index is 0.00451. The van der Waals surface area contributed by atoms with E-state index in [1.54, 1.807) is 0 Å². The Kier molecular flexibility index (Phi) is 8.82. The minimum atomic E-state index is -0.250. The van der Waals surface area contributed by atoms with Gasteiger partial charge in [0, 0.05) is 0 Å². The topological polar surface area (TPSA) is 52.6 Å². The van der Waals surface area contributed by atoms with Crippen LogP contribution in [-0.2, 0) is 19.1 Å². The molecule has 0 aromatic rings. The molecule has 2 rings (SSSR count). The fourth-order valence-electron chi connectivity index (χ4n) is 5.15. The van der Waals surface area contributed by atoms with E-state index < -0.39 is 0 Å². The van der Waals surface area contributed by atoms with Gasteiger partial charge < -0.3 is 9.47 Å². The summed E-state index contributed by atoms with van der Waals surface area (Å²) in [6, 6.07) is 0. The molecule has 0 aromatic heterocycles. The highest BCUT2D eigenvalue weighted by Crippen LogP contribution is 2.37. The molecule has 4 nitrogen and oxygen atoms in total. The molecule has 162 valence electrons. The molecule has 0 bridgehead atoms. The highest BCUT2D eigenvalue weighted by atomic mass is 16.6. The van der Waals surface area contributed by atoms with E-state index in [-0.39, 0.29) is 37.0 Å². The average Bonchev–Trinajstić information content (AvgIpc) is 2.62. The molecule has 0 aromatic carbocycles. The summed E-state index contributed by atoms with van der Waals surface area (Å²) in [6.07, 6.45) is 6.61. The van der Waals surface area contributed by atoms with Crippen molar-refractivity contribution in [1.82, 2.24) is 0 Å². The maximum absolute atomic E-state index is 12.3. The molecule has 2 saturated carbocycles. The lowest BCUT2D eigenvalue weighted by Crippen LogP contribution is -2.36. The van der Waals surface area contributed by atoms with Crippen LogP contribution in [0.3, 0.4) is 0 Å². The molecule has 0 amide bonds. The van der Waals surface area contributed by atoms with Gasteiger partial charge in [0.25, 0.3) is 0 Å². The minimum Gasteiger partial charge on any atom is -0.462 e. The van der Waals surface area contributed by atoms with Gasteiger partial charge in [0.2, 0.25) is 0 Å². The second kappa shape index (κ2) is 10.6.